The van der Waals surface area contributed by atoms with Gasteiger partial charge in [-0.2, -0.15) is 0 Å². The molecule has 0 bridgehead atoms. The first-order valence-electron chi connectivity index (χ1n) is 12.1. The molecule has 9 nitrogen and oxygen atoms in total. The van der Waals surface area contributed by atoms with Crippen LogP contribution in [-0.4, -0.2) is 53.2 Å². The summed E-state index contributed by atoms with van der Waals surface area (Å²) in [5, 5.41) is 13.8. The summed E-state index contributed by atoms with van der Waals surface area (Å²) < 4.78 is 6.01. The van der Waals surface area contributed by atoms with E-state index in [2.05, 4.69) is 10.6 Å². The number of carbonyl (C=O) groups is 5. The van der Waals surface area contributed by atoms with Crippen LogP contribution in [0.2, 0.25) is 0 Å². The summed E-state index contributed by atoms with van der Waals surface area (Å²) in [6, 6.07) is 4.27. The van der Waals surface area contributed by atoms with Gasteiger partial charge in [0.05, 0.1) is 17.6 Å². The number of carboxylic acid groups (broad SMARTS) is 1. The van der Waals surface area contributed by atoms with Gasteiger partial charge in [-0.3, -0.25) is 24.0 Å². The minimum Gasteiger partial charge on any atom is -0.480 e. The normalized spacial score (nSPS) is 11.9. The van der Waals surface area contributed by atoms with Gasteiger partial charge >= 0.3 is 5.97 Å². The molecule has 2 amide bonds. The molecule has 0 heterocycles. The summed E-state index contributed by atoms with van der Waals surface area (Å²) in [4.78, 5) is 60.9. The Bertz CT molecular complexity index is 994. The fourth-order valence-electron chi connectivity index (χ4n) is 3.09. The lowest BCUT2D eigenvalue weighted by Gasteiger charge is -2.31. The van der Waals surface area contributed by atoms with E-state index >= 15 is 0 Å². The number of benzene rings is 1. The van der Waals surface area contributed by atoms with Gasteiger partial charge in [-0.25, -0.2) is 0 Å². The summed E-state index contributed by atoms with van der Waals surface area (Å²) in [6.45, 7) is 13.8. The molecule has 9 heteroatoms. The first-order valence-corrected chi connectivity index (χ1v) is 12.1. The number of Topliss-reactive ketones (excluding diaryl/α,β-unsaturated/α-hetero) is 2. The Balaban J connectivity index is 3.04. The second-order valence-electron chi connectivity index (χ2n) is 10.9. The van der Waals surface area contributed by atoms with E-state index in [1.807, 2.05) is 27.7 Å². The van der Waals surface area contributed by atoms with Crippen LogP contribution in [0.25, 0.3) is 0 Å². The topological polar surface area (TPSA) is 139 Å². The van der Waals surface area contributed by atoms with E-state index in [0.717, 1.165) is 0 Å². The molecule has 1 aromatic carbocycles. The molecule has 0 aromatic heterocycles. The molecule has 0 atom stereocenters. The molecule has 1 aromatic rings. The Morgan fingerprint density at radius 2 is 1.50 bits per heavy atom. The zero-order valence-corrected chi connectivity index (χ0v) is 22.6. The Morgan fingerprint density at radius 1 is 0.917 bits per heavy atom. The molecule has 0 fully saturated rings. The van der Waals surface area contributed by atoms with Crippen molar-refractivity contribution in [2.45, 2.75) is 73.8 Å². The fourth-order valence-corrected chi connectivity index (χ4v) is 3.09. The average molecular weight is 505 g/mol. The average Bonchev–Trinajstić information content (AvgIpc) is 2.78. The number of anilines is 1. The molecule has 200 valence electrons. The highest BCUT2D eigenvalue weighted by molar-refractivity contribution is 6.04. The molecule has 0 saturated carbocycles. The summed E-state index contributed by atoms with van der Waals surface area (Å²) in [7, 11) is 0. The molecular formula is C27H40N2O7. The van der Waals surface area contributed by atoms with Crippen LogP contribution in [0.1, 0.15) is 88.9 Å². The lowest BCUT2D eigenvalue weighted by Crippen LogP contribution is -2.39. The second-order valence-corrected chi connectivity index (χ2v) is 10.9. The molecular weight excluding hydrogens is 464 g/mol. The Kier molecular flexibility index (Phi) is 11.0. The number of rotatable bonds is 14. The molecule has 1 rings (SSSR count). The van der Waals surface area contributed by atoms with Gasteiger partial charge in [-0.15, -0.1) is 0 Å². The number of amides is 2. The molecule has 0 unspecified atom stereocenters. The van der Waals surface area contributed by atoms with Gasteiger partial charge in [-0.05, 0) is 52.3 Å². The van der Waals surface area contributed by atoms with Crippen LogP contribution in [0.15, 0.2) is 18.2 Å². The quantitative estimate of drug-likeness (QED) is 0.324. The maximum Gasteiger partial charge on any atom is 0.322 e. The molecule has 0 aliphatic rings. The van der Waals surface area contributed by atoms with E-state index in [0.29, 0.717) is 12.8 Å². The predicted molar refractivity (Wildman–Crippen MR) is 137 cm³/mol. The number of ketones is 2. The minimum atomic E-state index is -1.20. The first-order chi connectivity index (χ1) is 16.4. The third-order valence-corrected chi connectivity index (χ3v) is 5.72. The summed E-state index contributed by atoms with van der Waals surface area (Å²) in [5.74, 6) is -2.72. The molecule has 0 aliphatic heterocycles. The van der Waals surface area contributed by atoms with Crippen molar-refractivity contribution in [2.24, 2.45) is 17.3 Å². The van der Waals surface area contributed by atoms with Gasteiger partial charge in [0.25, 0.3) is 5.91 Å². The molecule has 0 aliphatic carbocycles. The van der Waals surface area contributed by atoms with Gasteiger partial charge in [0.15, 0.2) is 5.78 Å². The summed E-state index contributed by atoms with van der Waals surface area (Å²) in [5.41, 5.74) is -1.05. The minimum absolute atomic E-state index is 0.0440. The maximum atomic E-state index is 13.1. The number of aliphatic carboxylic acids is 1. The predicted octanol–water partition coefficient (Wildman–Crippen LogP) is 4.10. The van der Waals surface area contributed by atoms with E-state index in [1.54, 1.807) is 27.7 Å². The summed E-state index contributed by atoms with van der Waals surface area (Å²) in [6.07, 6.45) is 0.913. The van der Waals surface area contributed by atoms with Crippen molar-refractivity contribution in [2.75, 3.05) is 18.5 Å². The van der Waals surface area contributed by atoms with Gasteiger partial charge in [0.2, 0.25) is 5.91 Å². The molecule has 36 heavy (non-hydrogen) atoms. The summed E-state index contributed by atoms with van der Waals surface area (Å²) >= 11 is 0. The second kappa shape index (κ2) is 12.8. The highest BCUT2D eigenvalue weighted by Crippen LogP contribution is 2.26. The fraction of sp³-hybridized carbons (Fsp3) is 0.593. The lowest BCUT2D eigenvalue weighted by atomic mass is 9.91. The van der Waals surface area contributed by atoms with Crippen LogP contribution < -0.4 is 10.6 Å². The van der Waals surface area contributed by atoms with Crippen molar-refractivity contribution < 1.29 is 33.8 Å². The standard InChI is InChI=1S/C27H40N2O7/c1-16(2)21(30)9-10-27(7,8)36-15-26(5,6)25(35)29-20-12-18(23(33)17(3)4)11-19(13-20)24(34)28-14-22(31)32/h11-13,16-17H,9-10,14-15H2,1-8H3,(H,28,34)(H,29,35)(H,31,32). The van der Waals surface area contributed by atoms with Crippen LogP contribution in [0.4, 0.5) is 5.69 Å². The Hall–Kier alpha value is -3.07. The van der Waals surface area contributed by atoms with Crippen LogP contribution in [-0.2, 0) is 19.1 Å². The van der Waals surface area contributed by atoms with Crippen molar-refractivity contribution in [1.29, 1.82) is 0 Å². The molecule has 0 spiro atoms. The van der Waals surface area contributed by atoms with Crippen molar-refractivity contribution in [3.05, 3.63) is 29.3 Å². The third-order valence-electron chi connectivity index (χ3n) is 5.72. The Labute approximate surface area is 213 Å². The van der Waals surface area contributed by atoms with Gasteiger partial charge in [0, 0.05) is 35.1 Å². The number of carboxylic acids is 1. The van der Waals surface area contributed by atoms with E-state index < -0.39 is 29.4 Å². The number of hydrogen-bond acceptors (Lipinski definition) is 6. The number of nitrogens with one attached hydrogen (secondary N) is 2. The molecule has 0 radical (unpaired) electrons. The van der Waals surface area contributed by atoms with Crippen molar-refractivity contribution >= 4 is 35.0 Å². The molecule has 3 N–H and O–H groups in total. The van der Waals surface area contributed by atoms with E-state index in [-0.39, 0.29) is 52.7 Å². The van der Waals surface area contributed by atoms with Crippen LogP contribution in [0.5, 0.6) is 0 Å². The Morgan fingerprint density at radius 3 is 2.03 bits per heavy atom. The zero-order chi connectivity index (χ0) is 27.8. The van der Waals surface area contributed by atoms with Crippen molar-refractivity contribution in [1.82, 2.24) is 5.32 Å². The van der Waals surface area contributed by atoms with Gasteiger partial charge in [-0.1, -0.05) is 27.7 Å². The first kappa shape index (κ1) is 31.0. The van der Waals surface area contributed by atoms with E-state index in [1.165, 1.54) is 18.2 Å². The lowest BCUT2D eigenvalue weighted by molar-refractivity contribution is -0.136. The monoisotopic (exact) mass is 504 g/mol. The van der Waals surface area contributed by atoms with Crippen LogP contribution >= 0.6 is 0 Å². The maximum absolute atomic E-state index is 13.1. The third kappa shape index (κ3) is 9.89. The van der Waals surface area contributed by atoms with Crippen LogP contribution in [0.3, 0.4) is 0 Å². The van der Waals surface area contributed by atoms with Crippen LogP contribution in [0, 0.1) is 17.3 Å². The highest BCUT2D eigenvalue weighted by atomic mass is 16.5. The zero-order valence-electron chi connectivity index (χ0n) is 22.6. The highest BCUT2D eigenvalue weighted by Gasteiger charge is 2.32. The number of carbonyl (C=O) groups excluding carboxylic acids is 4. The van der Waals surface area contributed by atoms with E-state index in [9.17, 15) is 24.0 Å². The SMILES string of the molecule is CC(C)C(=O)CCC(C)(C)OCC(C)(C)C(=O)Nc1cc(C(=O)NCC(=O)O)cc(C(=O)C(C)C)c1. The van der Waals surface area contributed by atoms with Gasteiger partial charge < -0.3 is 20.5 Å². The van der Waals surface area contributed by atoms with Crippen molar-refractivity contribution in [3.8, 4) is 0 Å². The van der Waals surface area contributed by atoms with Crippen molar-refractivity contribution in [3.63, 3.8) is 0 Å². The number of ether oxygens (including phenoxy) is 1. The smallest absolute Gasteiger partial charge is 0.322 e. The van der Waals surface area contributed by atoms with E-state index in [4.69, 9.17) is 9.84 Å². The largest absolute Gasteiger partial charge is 0.480 e. The number of hydrogen-bond donors (Lipinski definition) is 3. The molecule has 0 saturated heterocycles. The van der Waals surface area contributed by atoms with Gasteiger partial charge in [0.1, 0.15) is 12.3 Å².